The van der Waals surface area contributed by atoms with Crippen molar-refractivity contribution in [3.05, 3.63) is 41.5 Å². The van der Waals surface area contributed by atoms with Gasteiger partial charge in [-0.1, -0.05) is 0 Å². The van der Waals surface area contributed by atoms with Gasteiger partial charge in [0.05, 0.1) is 24.5 Å². The molecule has 0 fully saturated rings. The van der Waals surface area contributed by atoms with Gasteiger partial charge in [-0.05, 0) is 26.0 Å². The Hall–Kier alpha value is -2.04. The lowest BCUT2D eigenvalue weighted by Gasteiger charge is -2.03. The largest absolute Gasteiger partial charge is 0.294 e. The number of carbonyl (C=O) groups excluding carboxylic acids is 1. The van der Waals surface area contributed by atoms with E-state index < -0.39 is 0 Å². The molecule has 0 radical (unpaired) electrons. The Bertz CT molecular complexity index is 519. The van der Waals surface area contributed by atoms with Crippen LogP contribution < -0.4 is 0 Å². The van der Waals surface area contributed by atoms with Crippen LogP contribution in [0.15, 0.2) is 24.5 Å². The summed E-state index contributed by atoms with van der Waals surface area (Å²) in [5.41, 5.74) is 2.45. The van der Waals surface area contributed by atoms with E-state index in [0.29, 0.717) is 12.0 Å². The molecule has 0 spiro atoms. The summed E-state index contributed by atoms with van der Waals surface area (Å²) in [5, 5.41) is 11.7. The average molecular weight is 230 g/mol. The Labute approximate surface area is 99.5 Å². The lowest BCUT2D eigenvalue weighted by Crippen LogP contribution is -2.10. The second-order valence-electron chi connectivity index (χ2n) is 3.82. The van der Waals surface area contributed by atoms with Gasteiger partial charge in [-0.3, -0.25) is 9.48 Å². The van der Waals surface area contributed by atoms with Crippen molar-refractivity contribution < 1.29 is 4.79 Å². The zero-order chi connectivity index (χ0) is 12.3. The maximum atomic E-state index is 12.0. The number of aryl methyl sites for hydroxylation is 2. The van der Waals surface area contributed by atoms with Crippen molar-refractivity contribution >= 4 is 5.78 Å². The molecule has 2 heterocycles. The summed E-state index contributed by atoms with van der Waals surface area (Å²) < 4.78 is 1.85. The Morgan fingerprint density at radius 3 is 2.88 bits per heavy atom. The van der Waals surface area contributed by atoms with E-state index in [1.165, 1.54) is 12.4 Å². The molecule has 2 rings (SSSR count). The van der Waals surface area contributed by atoms with E-state index in [1.54, 1.807) is 6.07 Å². The van der Waals surface area contributed by atoms with Crippen LogP contribution in [-0.2, 0) is 13.0 Å². The summed E-state index contributed by atoms with van der Waals surface area (Å²) in [5.74, 6) is 0.0366. The predicted molar refractivity (Wildman–Crippen MR) is 62.7 cm³/mol. The standard InChI is InChI=1S/C12H14N4O/c1-3-16-11(6-9(2)15-16)7-12(17)10-4-5-13-14-8-10/h4-6,8H,3,7H2,1-2H3. The van der Waals surface area contributed by atoms with Crippen LogP contribution >= 0.6 is 0 Å². The van der Waals surface area contributed by atoms with Gasteiger partial charge in [0.25, 0.3) is 0 Å². The highest BCUT2D eigenvalue weighted by molar-refractivity contribution is 5.96. The fraction of sp³-hybridized carbons (Fsp3) is 0.333. The number of nitrogens with zero attached hydrogens (tertiary/aromatic N) is 4. The molecule has 0 bridgehead atoms. The minimum Gasteiger partial charge on any atom is -0.294 e. The minimum atomic E-state index is 0.0366. The Morgan fingerprint density at radius 2 is 2.24 bits per heavy atom. The molecular weight excluding hydrogens is 216 g/mol. The highest BCUT2D eigenvalue weighted by Gasteiger charge is 2.11. The molecule has 0 aliphatic rings. The fourth-order valence-electron chi connectivity index (χ4n) is 1.74. The number of Topliss-reactive ketones (excluding diaryl/α,β-unsaturated/α-hetero) is 1. The molecule has 0 aromatic carbocycles. The number of aromatic nitrogens is 4. The van der Waals surface area contributed by atoms with Crippen LogP contribution in [0, 0.1) is 6.92 Å². The van der Waals surface area contributed by atoms with Gasteiger partial charge < -0.3 is 0 Å². The van der Waals surface area contributed by atoms with Gasteiger partial charge in [0.2, 0.25) is 0 Å². The van der Waals surface area contributed by atoms with Crippen molar-refractivity contribution in [2.24, 2.45) is 0 Å². The third kappa shape index (κ3) is 2.55. The Kier molecular flexibility index (Phi) is 3.27. The van der Waals surface area contributed by atoms with Crippen LogP contribution in [0.5, 0.6) is 0 Å². The molecule has 5 heteroatoms. The zero-order valence-corrected chi connectivity index (χ0v) is 9.92. The van der Waals surface area contributed by atoms with Crippen LogP contribution in [0.25, 0.3) is 0 Å². The summed E-state index contributed by atoms with van der Waals surface area (Å²) >= 11 is 0. The van der Waals surface area contributed by atoms with Crippen LogP contribution in [0.2, 0.25) is 0 Å². The van der Waals surface area contributed by atoms with Gasteiger partial charge in [-0.2, -0.15) is 15.3 Å². The first-order chi connectivity index (χ1) is 8.20. The third-order valence-corrected chi connectivity index (χ3v) is 2.53. The first-order valence-electron chi connectivity index (χ1n) is 5.54. The smallest absolute Gasteiger partial charge is 0.170 e. The van der Waals surface area contributed by atoms with Crippen molar-refractivity contribution in [2.75, 3.05) is 0 Å². The number of hydrogen-bond acceptors (Lipinski definition) is 4. The summed E-state index contributed by atoms with van der Waals surface area (Å²) in [6.07, 6.45) is 3.36. The molecule has 5 nitrogen and oxygen atoms in total. The molecule has 0 aliphatic heterocycles. The Morgan fingerprint density at radius 1 is 1.41 bits per heavy atom. The molecule has 17 heavy (non-hydrogen) atoms. The topological polar surface area (TPSA) is 60.7 Å². The number of rotatable bonds is 4. The van der Waals surface area contributed by atoms with E-state index in [1.807, 2.05) is 24.6 Å². The van der Waals surface area contributed by atoms with Gasteiger partial charge in [0, 0.05) is 17.8 Å². The van der Waals surface area contributed by atoms with Gasteiger partial charge in [-0.15, -0.1) is 0 Å². The second kappa shape index (κ2) is 4.86. The monoisotopic (exact) mass is 230 g/mol. The molecule has 2 aromatic heterocycles. The van der Waals surface area contributed by atoms with E-state index >= 15 is 0 Å². The van der Waals surface area contributed by atoms with Crippen LogP contribution in [0.3, 0.4) is 0 Å². The molecule has 0 saturated heterocycles. The number of carbonyl (C=O) groups is 1. The van der Waals surface area contributed by atoms with E-state index in [0.717, 1.165) is 17.9 Å². The van der Waals surface area contributed by atoms with Crippen molar-refractivity contribution in [3.63, 3.8) is 0 Å². The molecule has 2 aromatic rings. The van der Waals surface area contributed by atoms with Gasteiger partial charge in [0.15, 0.2) is 5.78 Å². The van der Waals surface area contributed by atoms with Crippen molar-refractivity contribution in [1.29, 1.82) is 0 Å². The summed E-state index contributed by atoms with van der Waals surface area (Å²) in [4.78, 5) is 12.0. The molecule has 0 saturated carbocycles. The van der Waals surface area contributed by atoms with E-state index in [2.05, 4.69) is 15.3 Å². The van der Waals surface area contributed by atoms with E-state index in [9.17, 15) is 4.79 Å². The normalized spacial score (nSPS) is 10.5. The lowest BCUT2D eigenvalue weighted by molar-refractivity contribution is 0.0990. The fourth-order valence-corrected chi connectivity index (χ4v) is 1.74. The molecule has 0 atom stereocenters. The molecule has 88 valence electrons. The number of ketones is 1. The van der Waals surface area contributed by atoms with Crippen molar-refractivity contribution in [1.82, 2.24) is 20.0 Å². The summed E-state index contributed by atoms with van der Waals surface area (Å²) in [6, 6.07) is 3.62. The molecule has 0 unspecified atom stereocenters. The molecule has 0 N–H and O–H groups in total. The highest BCUT2D eigenvalue weighted by Crippen LogP contribution is 2.08. The van der Waals surface area contributed by atoms with Gasteiger partial charge >= 0.3 is 0 Å². The van der Waals surface area contributed by atoms with Gasteiger partial charge in [0.1, 0.15) is 0 Å². The lowest BCUT2D eigenvalue weighted by atomic mass is 10.1. The maximum absolute atomic E-state index is 12.0. The molecule has 0 amide bonds. The van der Waals surface area contributed by atoms with Gasteiger partial charge in [-0.25, -0.2) is 0 Å². The SMILES string of the molecule is CCn1nc(C)cc1CC(=O)c1ccnnc1. The summed E-state index contributed by atoms with van der Waals surface area (Å²) in [7, 11) is 0. The Balaban J connectivity index is 2.18. The van der Waals surface area contributed by atoms with Crippen LogP contribution in [0.4, 0.5) is 0 Å². The minimum absolute atomic E-state index is 0.0366. The first kappa shape index (κ1) is 11.4. The molecule has 0 aliphatic carbocycles. The zero-order valence-electron chi connectivity index (χ0n) is 9.92. The van der Waals surface area contributed by atoms with E-state index in [4.69, 9.17) is 0 Å². The summed E-state index contributed by atoms with van der Waals surface area (Å²) in [6.45, 7) is 4.70. The quantitative estimate of drug-likeness (QED) is 0.745. The van der Waals surface area contributed by atoms with Crippen molar-refractivity contribution in [3.8, 4) is 0 Å². The number of hydrogen-bond donors (Lipinski definition) is 0. The van der Waals surface area contributed by atoms with E-state index in [-0.39, 0.29) is 5.78 Å². The first-order valence-corrected chi connectivity index (χ1v) is 5.54. The average Bonchev–Trinajstić information content (AvgIpc) is 2.70. The van der Waals surface area contributed by atoms with Crippen molar-refractivity contribution in [2.45, 2.75) is 26.8 Å². The third-order valence-electron chi connectivity index (χ3n) is 2.53. The molecular formula is C12H14N4O. The van der Waals surface area contributed by atoms with Crippen LogP contribution in [0.1, 0.15) is 28.7 Å². The predicted octanol–water partition coefficient (Wildman–Crippen LogP) is 1.43. The highest BCUT2D eigenvalue weighted by atomic mass is 16.1. The maximum Gasteiger partial charge on any atom is 0.170 e. The second-order valence-corrected chi connectivity index (χ2v) is 3.82. The van der Waals surface area contributed by atoms with Crippen LogP contribution in [-0.4, -0.2) is 25.8 Å².